The summed E-state index contributed by atoms with van der Waals surface area (Å²) < 4.78 is 0. The van der Waals surface area contributed by atoms with Crippen LogP contribution in [0.5, 0.6) is 0 Å². The molecular formula is C20H25N. The van der Waals surface area contributed by atoms with Gasteiger partial charge in [0.2, 0.25) is 0 Å². The smallest absolute Gasteiger partial charge is 0.0460 e. The Morgan fingerprint density at radius 1 is 1.05 bits per heavy atom. The molecule has 2 aromatic carbocycles. The van der Waals surface area contributed by atoms with E-state index >= 15 is 0 Å². The molecule has 0 aromatic heterocycles. The summed E-state index contributed by atoms with van der Waals surface area (Å²) in [7, 11) is 0. The molecule has 1 heterocycles. The van der Waals surface area contributed by atoms with Crippen molar-refractivity contribution in [3.63, 3.8) is 0 Å². The van der Waals surface area contributed by atoms with E-state index in [0.29, 0.717) is 6.04 Å². The van der Waals surface area contributed by atoms with Crippen molar-refractivity contribution >= 4 is 16.5 Å². The molecule has 3 atom stereocenters. The van der Waals surface area contributed by atoms with Gasteiger partial charge in [0.05, 0.1) is 0 Å². The Hall–Kier alpha value is -1.50. The Morgan fingerprint density at radius 2 is 1.86 bits per heavy atom. The molecule has 1 fully saturated rings. The van der Waals surface area contributed by atoms with E-state index in [4.69, 9.17) is 0 Å². The summed E-state index contributed by atoms with van der Waals surface area (Å²) in [4.78, 5) is 0. The van der Waals surface area contributed by atoms with Gasteiger partial charge in [0.1, 0.15) is 0 Å². The number of nitrogens with one attached hydrogen (secondary N) is 1. The molecule has 0 amide bonds. The lowest BCUT2D eigenvalue weighted by Crippen LogP contribution is -2.49. The second kappa shape index (κ2) is 4.50. The lowest BCUT2D eigenvalue weighted by atomic mass is 9.61. The Kier molecular flexibility index (Phi) is 2.82. The van der Waals surface area contributed by atoms with E-state index in [1.54, 1.807) is 0 Å². The average molecular weight is 279 g/mol. The maximum Gasteiger partial charge on any atom is 0.0460 e. The number of benzene rings is 2. The molecule has 1 heteroatoms. The molecule has 1 saturated carbocycles. The molecule has 0 bridgehead atoms. The molecule has 0 spiro atoms. The van der Waals surface area contributed by atoms with E-state index in [-0.39, 0.29) is 5.41 Å². The van der Waals surface area contributed by atoms with Crippen LogP contribution < -0.4 is 5.32 Å². The van der Waals surface area contributed by atoms with E-state index in [2.05, 4.69) is 62.5 Å². The first kappa shape index (κ1) is 13.2. The highest BCUT2D eigenvalue weighted by molar-refractivity contribution is 5.96. The van der Waals surface area contributed by atoms with Gasteiger partial charge in [0.25, 0.3) is 0 Å². The number of hydrogen-bond acceptors (Lipinski definition) is 1. The molecular weight excluding hydrogens is 254 g/mol. The van der Waals surface area contributed by atoms with Crippen LogP contribution in [0.1, 0.15) is 45.6 Å². The van der Waals surface area contributed by atoms with Crippen molar-refractivity contribution in [1.29, 1.82) is 0 Å². The number of anilines is 1. The minimum Gasteiger partial charge on any atom is -0.381 e. The molecule has 1 N–H and O–H groups in total. The maximum absolute atomic E-state index is 3.93. The van der Waals surface area contributed by atoms with Gasteiger partial charge in [0.15, 0.2) is 0 Å². The van der Waals surface area contributed by atoms with Gasteiger partial charge in [0, 0.05) is 17.1 Å². The van der Waals surface area contributed by atoms with Crippen LogP contribution >= 0.6 is 0 Å². The van der Waals surface area contributed by atoms with Gasteiger partial charge in [-0.05, 0) is 41.0 Å². The molecule has 110 valence electrons. The highest BCUT2D eigenvalue weighted by Crippen LogP contribution is 2.50. The van der Waals surface area contributed by atoms with Crippen LogP contribution in [0.3, 0.4) is 0 Å². The molecule has 1 aliphatic carbocycles. The van der Waals surface area contributed by atoms with Crippen molar-refractivity contribution in [3.05, 3.63) is 42.0 Å². The lowest BCUT2D eigenvalue weighted by molar-refractivity contribution is 0.174. The van der Waals surface area contributed by atoms with Crippen molar-refractivity contribution in [1.82, 2.24) is 0 Å². The second-order valence-electron chi connectivity index (χ2n) is 7.71. The Morgan fingerprint density at radius 3 is 2.71 bits per heavy atom. The number of hydrogen-bond donors (Lipinski definition) is 1. The van der Waals surface area contributed by atoms with Crippen LogP contribution in [0.2, 0.25) is 0 Å². The molecule has 1 aliphatic heterocycles. The van der Waals surface area contributed by atoms with E-state index < -0.39 is 0 Å². The van der Waals surface area contributed by atoms with Crippen LogP contribution in [-0.4, -0.2) is 6.04 Å². The molecule has 21 heavy (non-hydrogen) atoms. The van der Waals surface area contributed by atoms with E-state index in [1.807, 2.05) is 0 Å². The first-order valence-electron chi connectivity index (χ1n) is 8.36. The average Bonchev–Trinajstić information content (AvgIpc) is 2.46. The van der Waals surface area contributed by atoms with Gasteiger partial charge in [-0.1, -0.05) is 63.6 Å². The zero-order valence-corrected chi connectivity index (χ0v) is 13.3. The predicted molar refractivity (Wildman–Crippen MR) is 90.9 cm³/mol. The summed E-state index contributed by atoms with van der Waals surface area (Å²) in [5.41, 5.74) is 3.18. The number of rotatable bonds is 0. The lowest BCUT2D eigenvalue weighted by Gasteiger charge is -2.50. The van der Waals surface area contributed by atoms with Crippen molar-refractivity contribution in [2.45, 2.75) is 51.5 Å². The second-order valence-corrected chi connectivity index (χ2v) is 7.71. The molecule has 2 aromatic rings. The van der Waals surface area contributed by atoms with Crippen molar-refractivity contribution in [3.8, 4) is 0 Å². The van der Waals surface area contributed by atoms with E-state index in [1.165, 1.54) is 41.3 Å². The standard InChI is InChI=1S/C20H25N/c1-13-8-10-16-18(12-13)21-19-15-7-5-4-6-14(15)9-11-17(19)20(16,2)3/h4-7,9,11,13,16,18,21H,8,10,12H2,1-3H3/t13?,16-,18-/m1/s1. The van der Waals surface area contributed by atoms with Crippen LogP contribution in [-0.2, 0) is 5.41 Å². The Bertz CT molecular complexity index is 685. The van der Waals surface area contributed by atoms with Crippen LogP contribution in [0.4, 0.5) is 5.69 Å². The first-order valence-corrected chi connectivity index (χ1v) is 8.36. The number of fused-ring (bicyclic) bond motifs is 4. The fourth-order valence-corrected chi connectivity index (χ4v) is 4.75. The third-order valence-corrected chi connectivity index (χ3v) is 5.99. The van der Waals surface area contributed by atoms with Crippen LogP contribution in [0.25, 0.3) is 10.8 Å². The minimum absolute atomic E-state index is 0.273. The molecule has 0 saturated heterocycles. The molecule has 1 unspecified atom stereocenters. The van der Waals surface area contributed by atoms with E-state index in [9.17, 15) is 0 Å². The minimum atomic E-state index is 0.273. The van der Waals surface area contributed by atoms with Gasteiger partial charge >= 0.3 is 0 Å². The van der Waals surface area contributed by atoms with Crippen molar-refractivity contribution < 1.29 is 0 Å². The third kappa shape index (κ3) is 1.90. The zero-order chi connectivity index (χ0) is 14.6. The fraction of sp³-hybridized carbons (Fsp3) is 0.500. The van der Waals surface area contributed by atoms with Crippen LogP contribution in [0, 0.1) is 11.8 Å². The third-order valence-electron chi connectivity index (χ3n) is 5.99. The summed E-state index contributed by atoms with van der Waals surface area (Å²) in [6.45, 7) is 7.31. The highest BCUT2D eigenvalue weighted by atomic mass is 15.0. The van der Waals surface area contributed by atoms with Crippen LogP contribution in [0.15, 0.2) is 36.4 Å². The van der Waals surface area contributed by atoms with Crippen molar-refractivity contribution in [2.24, 2.45) is 11.8 Å². The molecule has 2 aliphatic rings. The zero-order valence-electron chi connectivity index (χ0n) is 13.3. The van der Waals surface area contributed by atoms with Gasteiger partial charge in [-0.3, -0.25) is 0 Å². The summed E-state index contributed by atoms with van der Waals surface area (Å²) >= 11 is 0. The SMILES string of the molecule is CC1CC[C@@H]2[C@@H](C1)Nc1c(ccc3ccccc13)C2(C)C. The van der Waals surface area contributed by atoms with Gasteiger partial charge in [-0.15, -0.1) is 0 Å². The fourth-order valence-electron chi connectivity index (χ4n) is 4.75. The van der Waals surface area contributed by atoms with Gasteiger partial charge < -0.3 is 5.32 Å². The monoisotopic (exact) mass is 279 g/mol. The van der Waals surface area contributed by atoms with Gasteiger partial charge in [-0.2, -0.15) is 0 Å². The van der Waals surface area contributed by atoms with E-state index in [0.717, 1.165) is 11.8 Å². The quantitative estimate of drug-likeness (QED) is 0.685. The predicted octanol–water partition coefficient (Wildman–Crippen LogP) is 5.35. The molecule has 0 radical (unpaired) electrons. The summed E-state index contributed by atoms with van der Waals surface area (Å²) in [6.07, 6.45) is 4.06. The molecule has 4 rings (SSSR count). The molecule has 1 nitrogen and oxygen atoms in total. The topological polar surface area (TPSA) is 12.0 Å². The highest BCUT2D eigenvalue weighted by Gasteiger charge is 2.44. The first-order chi connectivity index (χ1) is 10.1. The largest absolute Gasteiger partial charge is 0.381 e. The van der Waals surface area contributed by atoms with Crippen molar-refractivity contribution in [2.75, 3.05) is 5.32 Å². The normalized spacial score (nSPS) is 30.3. The summed E-state index contributed by atoms with van der Waals surface area (Å²) in [6, 6.07) is 14.1. The summed E-state index contributed by atoms with van der Waals surface area (Å²) in [5.74, 6) is 1.62. The Labute approximate surface area is 127 Å². The van der Waals surface area contributed by atoms with Gasteiger partial charge in [-0.25, -0.2) is 0 Å². The maximum atomic E-state index is 3.93. The Balaban J connectivity index is 1.91. The summed E-state index contributed by atoms with van der Waals surface area (Å²) in [5, 5.41) is 6.67.